The second kappa shape index (κ2) is 4.69. The minimum Gasteiger partial charge on any atom is -0.508 e. The summed E-state index contributed by atoms with van der Waals surface area (Å²) in [6.45, 7) is 5.05. The maximum absolute atomic E-state index is 12.6. The van der Waals surface area contributed by atoms with E-state index in [1.807, 2.05) is 12.1 Å². The third-order valence-electron chi connectivity index (χ3n) is 6.50. The number of carbonyl (C=O) groups is 1. The number of fused-ring (bicyclic) bond motifs is 1. The van der Waals surface area contributed by atoms with Crippen LogP contribution in [0.1, 0.15) is 24.0 Å². The highest BCUT2D eigenvalue weighted by Crippen LogP contribution is 2.62. The Bertz CT molecular complexity index is 747. The Morgan fingerprint density at radius 2 is 2.38 bits per heavy atom. The van der Waals surface area contributed by atoms with Gasteiger partial charge in [0.15, 0.2) is 5.78 Å². The standard InChI is InChI=1S/C19H21NO4/c1-2-7-23-19-10-14-16(22)17(24-14)18(19)5-6-20-15(19)8-11-3-4-12(21)9-13(11)18/h2-4,9,14-15,17,20-21H,1,5-8,10H2/t14?,15-,17+,18+,19-/m1/s1. The number of phenols is 1. The number of ketones is 1. The van der Waals surface area contributed by atoms with Crippen LogP contribution in [0.2, 0.25) is 0 Å². The molecule has 2 aliphatic carbocycles. The van der Waals surface area contributed by atoms with Crippen LogP contribution in [0.25, 0.3) is 0 Å². The highest BCUT2D eigenvalue weighted by molar-refractivity contribution is 5.96. The molecule has 3 saturated heterocycles. The lowest BCUT2D eigenvalue weighted by atomic mass is 9.46. The summed E-state index contributed by atoms with van der Waals surface area (Å²) in [6, 6.07) is 5.65. The topological polar surface area (TPSA) is 67.8 Å². The van der Waals surface area contributed by atoms with Crippen molar-refractivity contribution in [2.45, 2.75) is 48.5 Å². The van der Waals surface area contributed by atoms with Crippen LogP contribution in [0.15, 0.2) is 30.9 Å². The number of rotatable bonds is 3. The Morgan fingerprint density at radius 1 is 1.50 bits per heavy atom. The van der Waals surface area contributed by atoms with Crippen LogP contribution in [-0.4, -0.2) is 47.9 Å². The number of Topliss-reactive ketones (excluding diaryl/α,β-unsaturated/α-hetero) is 1. The van der Waals surface area contributed by atoms with E-state index in [2.05, 4.69) is 11.9 Å². The largest absolute Gasteiger partial charge is 0.508 e. The lowest BCUT2D eigenvalue weighted by molar-refractivity contribution is -0.275. The van der Waals surface area contributed by atoms with Crippen LogP contribution in [0, 0.1) is 0 Å². The van der Waals surface area contributed by atoms with E-state index in [4.69, 9.17) is 9.47 Å². The zero-order valence-electron chi connectivity index (χ0n) is 13.5. The average Bonchev–Trinajstić information content (AvgIpc) is 2.59. The zero-order valence-corrected chi connectivity index (χ0v) is 13.5. The van der Waals surface area contributed by atoms with E-state index in [-0.39, 0.29) is 23.7 Å². The van der Waals surface area contributed by atoms with E-state index in [0.717, 1.165) is 24.9 Å². The molecule has 1 saturated carbocycles. The van der Waals surface area contributed by atoms with Gasteiger partial charge in [-0.15, -0.1) is 6.58 Å². The van der Waals surface area contributed by atoms with Crippen LogP contribution in [0.3, 0.4) is 0 Å². The van der Waals surface area contributed by atoms with Gasteiger partial charge in [0.2, 0.25) is 0 Å². The fraction of sp³-hybridized carbons (Fsp3) is 0.526. The molecule has 1 aromatic carbocycles. The number of phenolic OH excluding ortho intramolecular Hbond substituents is 1. The molecule has 4 fully saturated rings. The lowest BCUT2D eigenvalue weighted by Crippen LogP contribution is -2.84. The molecule has 1 unspecified atom stereocenters. The van der Waals surface area contributed by atoms with E-state index in [9.17, 15) is 9.90 Å². The summed E-state index contributed by atoms with van der Waals surface area (Å²) >= 11 is 0. The van der Waals surface area contributed by atoms with Gasteiger partial charge in [0.05, 0.1) is 17.6 Å². The van der Waals surface area contributed by atoms with E-state index >= 15 is 0 Å². The highest BCUT2D eigenvalue weighted by atomic mass is 16.6. The number of benzene rings is 1. The molecule has 6 rings (SSSR count). The molecule has 5 aliphatic rings. The summed E-state index contributed by atoms with van der Waals surface area (Å²) in [4.78, 5) is 12.6. The Labute approximate surface area is 140 Å². The van der Waals surface area contributed by atoms with Crippen LogP contribution >= 0.6 is 0 Å². The highest BCUT2D eigenvalue weighted by Gasteiger charge is 2.75. The van der Waals surface area contributed by atoms with Crippen molar-refractivity contribution < 1.29 is 19.4 Å². The molecular weight excluding hydrogens is 306 g/mol. The van der Waals surface area contributed by atoms with E-state index < -0.39 is 17.1 Å². The summed E-state index contributed by atoms with van der Waals surface area (Å²) in [5.41, 5.74) is 1.19. The van der Waals surface area contributed by atoms with Crippen LogP contribution in [-0.2, 0) is 26.1 Å². The minimum atomic E-state index is -0.524. The number of ether oxygens (including phenoxy) is 2. The van der Waals surface area contributed by atoms with Crippen molar-refractivity contribution in [1.82, 2.24) is 5.32 Å². The summed E-state index contributed by atoms with van der Waals surface area (Å²) in [6.07, 6.45) is 3.12. The summed E-state index contributed by atoms with van der Waals surface area (Å²) < 4.78 is 12.4. The number of hydrogen-bond acceptors (Lipinski definition) is 5. The molecule has 5 nitrogen and oxygen atoms in total. The molecule has 3 aliphatic heterocycles. The first-order chi connectivity index (χ1) is 11.6. The van der Waals surface area contributed by atoms with E-state index in [1.54, 1.807) is 12.1 Å². The molecule has 0 amide bonds. The predicted octanol–water partition coefficient (Wildman–Crippen LogP) is 1.23. The second-order valence-electron chi connectivity index (χ2n) is 7.37. The van der Waals surface area contributed by atoms with Gasteiger partial charge in [-0.25, -0.2) is 0 Å². The van der Waals surface area contributed by atoms with Gasteiger partial charge in [-0.05, 0) is 42.6 Å². The minimum absolute atomic E-state index is 0.144. The molecule has 126 valence electrons. The van der Waals surface area contributed by atoms with Crippen molar-refractivity contribution in [3.63, 3.8) is 0 Å². The first kappa shape index (κ1) is 14.6. The predicted molar refractivity (Wildman–Crippen MR) is 87.1 cm³/mol. The van der Waals surface area contributed by atoms with E-state index in [1.165, 1.54) is 5.56 Å². The molecule has 0 aromatic heterocycles. The fourth-order valence-electron chi connectivity index (χ4n) is 5.60. The number of nitrogens with one attached hydrogen (secondary N) is 1. The number of hydrogen-bond donors (Lipinski definition) is 2. The zero-order chi connectivity index (χ0) is 16.5. The molecule has 5 atom stereocenters. The van der Waals surface area contributed by atoms with Crippen molar-refractivity contribution in [1.29, 1.82) is 0 Å². The van der Waals surface area contributed by atoms with Gasteiger partial charge in [0.25, 0.3) is 0 Å². The van der Waals surface area contributed by atoms with Gasteiger partial charge in [-0.3, -0.25) is 4.79 Å². The first-order valence-electron chi connectivity index (χ1n) is 8.62. The van der Waals surface area contributed by atoms with Crippen molar-refractivity contribution in [2.75, 3.05) is 13.2 Å². The monoisotopic (exact) mass is 327 g/mol. The summed E-state index contributed by atoms with van der Waals surface area (Å²) in [5, 5.41) is 13.7. The third kappa shape index (κ3) is 1.49. The Balaban J connectivity index is 1.77. The summed E-state index contributed by atoms with van der Waals surface area (Å²) in [7, 11) is 0. The molecule has 0 radical (unpaired) electrons. The third-order valence-corrected chi connectivity index (χ3v) is 6.50. The molecule has 3 heterocycles. The van der Waals surface area contributed by atoms with Crippen LogP contribution < -0.4 is 5.32 Å². The lowest BCUT2D eigenvalue weighted by Gasteiger charge is -2.69. The summed E-state index contributed by atoms with van der Waals surface area (Å²) in [5.74, 6) is 0.413. The first-order valence-corrected chi connectivity index (χ1v) is 8.62. The molecule has 24 heavy (non-hydrogen) atoms. The molecule has 2 N–H and O–H groups in total. The number of aromatic hydroxyl groups is 1. The van der Waals surface area contributed by atoms with Gasteiger partial charge in [0.1, 0.15) is 18.0 Å². The fourth-order valence-corrected chi connectivity index (χ4v) is 5.60. The van der Waals surface area contributed by atoms with Gasteiger partial charge in [0, 0.05) is 12.5 Å². The molecular formula is C19H21NO4. The molecule has 5 heteroatoms. The van der Waals surface area contributed by atoms with Gasteiger partial charge in [-0.2, -0.15) is 0 Å². The van der Waals surface area contributed by atoms with Gasteiger partial charge in [-0.1, -0.05) is 12.1 Å². The molecule has 4 bridgehead atoms. The van der Waals surface area contributed by atoms with Crippen molar-refractivity contribution >= 4 is 5.78 Å². The van der Waals surface area contributed by atoms with Crippen molar-refractivity contribution in [3.8, 4) is 5.75 Å². The smallest absolute Gasteiger partial charge is 0.191 e. The van der Waals surface area contributed by atoms with Crippen molar-refractivity contribution in [2.24, 2.45) is 0 Å². The van der Waals surface area contributed by atoms with Gasteiger partial charge >= 0.3 is 0 Å². The van der Waals surface area contributed by atoms with E-state index in [0.29, 0.717) is 13.0 Å². The SMILES string of the molecule is C=CCO[C@@]12CC3O[C@@H](C3=O)[C@@]13CCN[C@@H]2Cc1ccc(O)cc13. The molecule has 0 spiro atoms. The number of carbonyl (C=O) groups excluding carboxylic acids is 1. The maximum Gasteiger partial charge on any atom is 0.191 e. The Morgan fingerprint density at radius 3 is 3.17 bits per heavy atom. The van der Waals surface area contributed by atoms with Crippen molar-refractivity contribution in [3.05, 3.63) is 42.0 Å². The second-order valence-corrected chi connectivity index (χ2v) is 7.37. The average molecular weight is 327 g/mol. The maximum atomic E-state index is 12.6. The normalized spacial score (nSPS) is 41.8. The van der Waals surface area contributed by atoms with Crippen LogP contribution in [0.5, 0.6) is 5.75 Å². The Hall–Kier alpha value is -1.69. The molecule has 1 aromatic rings. The van der Waals surface area contributed by atoms with Gasteiger partial charge < -0.3 is 19.9 Å². The quantitative estimate of drug-likeness (QED) is 0.818. The number of piperidine rings is 1. The Kier molecular flexibility index (Phi) is 2.86. The van der Waals surface area contributed by atoms with Crippen LogP contribution in [0.4, 0.5) is 0 Å².